The van der Waals surface area contributed by atoms with E-state index in [1.165, 1.54) is 12.8 Å². The summed E-state index contributed by atoms with van der Waals surface area (Å²) in [6, 6.07) is 12.6. The Hall–Kier alpha value is -1.68. The Morgan fingerprint density at radius 2 is 1.96 bits per heavy atom. The number of hydrogen-bond donors (Lipinski definition) is 1. The van der Waals surface area contributed by atoms with Gasteiger partial charge in [-0.25, -0.2) is 0 Å². The molecule has 2 unspecified atom stereocenters. The molecule has 0 aliphatic heterocycles. The highest BCUT2D eigenvalue weighted by Gasteiger charge is 2.22. The average Bonchev–Trinajstić information content (AvgIpc) is 3.10. The largest absolute Gasteiger partial charge is 0.353 e. The summed E-state index contributed by atoms with van der Waals surface area (Å²) in [7, 11) is 0. The van der Waals surface area contributed by atoms with Crippen molar-refractivity contribution in [2.45, 2.75) is 43.4 Å². The van der Waals surface area contributed by atoms with Gasteiger partial charge < -0.3 is 9.88 Å². The van der Waals surface area contributed by atoms with Crippen LogP contribution in [0.5, 0.6) is 0 Å². The summed E-state index contributed by atoms with van der Waals surface area (Å²) >= 11 is 1.93. The van der Waals surface area contributed by atoms with Crippen LogP contribution in [0.3, 0.4) is 0 Å². The van der Waals surface area contributed by atoms with Crippen molar-refractivity contribution < 1.29 is 4.79 Å². The van der Waals surface area contributed by atoms with Gasteiger partial charge in [0.15, 0.2) is 0 Å². The summed E-state index contributed by atoms with van der Waals surface area (Å²) in [6.45, 7) is 0. The predicted molar refractivity (Wildman–Crippen MR) is 97.2 cm³/mol. The molecule has 0 saturated heterocycles. The molecule has 1 aliphatic rings. The molecular weight excluding hydrogens is 304 g/mol. The number of carbonyl (C=O) groups excluding carboxylic acids is 1. The molecule has 2 atom stereocenters. The van der Waals surface area contributed by atoms with Gasteiger partial charge in [0.1, 0.15) is 0 Å². The molecule has 1 aliphatic carbocycles. The zero-order valence-electron chi connectivity index (χ0n) is 13.6. The number of nitrogens with one attached hydrogen (secondary N) is 1. The number of aromatic nitrogens is 1. The lowest BCUT2D eigenvalue weighted by atomic mass is 9.94. The highest BCUT2D eigenvalue weighted by Crippen LogP contribution is 2.26. The Bertz CT molecular complexity index is 621. The first-order valence-corrected chi connectivity index (χ1v) is 9.58. The van der Waals surface area contributed by atoms with Gasteiger partial charge in [0.2, 0.25) is 5.91 Å². The van der Waals surface area contributed by atoms with E-state index in [1.807, 2.05) is 48.4 Å². The lowest BCUT2D eigenvalue weighted by Crippen LogP contribution is -2.39. The van der Waals surface area contributed by atoms with E-state index < -0.39 is 0 Å². The molecule has 1 saturated carbocycles. The third-order valence-electron chi connectivity index (χ3n) is 4.53. The summed E-state index contributed by atoms with van der Waals surface area (Å²) < 4.78 is 2.06. The van der Waals surface area contributed by atoms with Crippen molar-refractivity contribution in [3.8, 4) is 5.69 Å². The SMILES string of the molecule is CSC1CCCC(NC(=O)Cc2ccc(-n3cccc3)cc2)C1. The highest BCUT2D eigenvalue weighted by atomic mass is 32.2. The molecule has 4 heteroatoms. The smallest absolute Gasteiger partial charge is 0.224 e. The summed E-state index contributed by atoms with van der Waals surface area (Å²) in [5.41, 5.74) is 2.19. The van der Waals surface area contributed by atoms with E-state index in [0.717, 1.165) is 24.1 Å². The minimum Gasteiger partial charge on any atom is -0.353 e. The first-order chi connectivity index (χ1) is 11.2. The summed E-state index contributed by atoms with van der Waals surface area (Å²) in [5, 5.41) is 3.92. The zero-order chi connectivity index (χ0) is 16.1. The van der Waals surface area contributed by atoms with E-state index in [-0.39, 0.29) is 5.91 Å². The van der Waals surface area contributed by atoms with Gasteiger partial charge in [0.25, 0.3) is 0 Å². The van der Waals surface area contributed by atoms with Gasteiger partial charge in [-0.2, -0.15) is 11.8 Å². The maximum absolute atomic E-state index is 12.3. The second kappa shape index (κ2) is 7.73. The second-order valence-electron chi connectivity index (χ2n) is 6.22. The Morgan fingerprint density at radius 1 is 1.22 bits per heavy atom. The first-order valence-electron chi connectivity index (χ1n) is 8.29. The third kappa shape index (κ3) is 4.41. The highest BCUT2D eigenvalue weighted by molar-refractivity contribution is 7.99. The van der Waals surface area contributed by atoms with Crippen molar-refractivity contribution in [3.63, 3.8) is 0 Å². The first kappa shape index (κ1) is 16.2. The second-order valence-corrected chi connectivity index (χ2v) is 7.36. The average molecular weight is 328 g/mol. The Balaban J connectivity index is 1.53. The van der Waals surface area contributed by atoms with Crippen LogP contribution in [-0.2, 0) is 11.2 Å². The minimum atomic E-state index is 0.144. The maximum atomic E-state index is 12.3. The van der Waals surface area contributed by atoms with Crippen LogP contribution in [0.4, 0.5) is 0 Å². The van der Waals surface area contributed by atoms with Gasteiger partial charge in [-0.05, 0) is 55.3 Å². The number of benzene rings is 1. The van der Waals surface area contributed by atoms with Gasteiger partial charge in [-0.15, -0.1) is 0 Å². The van der Waals surface area contributed by atoms with Gasteiger partial charge >= 0.3 is 0 Å². The van der Waals surface area contributed by atoms with Crippen LogP contribution in [0.1, 0.15) is 31.2 Å². The van der Waals surface area contributed by atoms with Crippen LogP contribution in [0, 0.1) is 0 Å². The van der Waals surface area contributed by atoms with Gasteiger partial charge in [0.05, 0.1) is 6.42 Å². The Kier molecular flexibility index (Phi) is 5.44. The number of rotatable bonds is 5. The molecule has 1 amide bonds. The zero-order valence-corrected chi connectivity index (χ0v) is 14.4. The number of hydrogen-bond acceptors (Lipinski definition) is 2. The number of carbonyl (C=O) groups is 1. The van der Waals surface area contributed by atoms with E-state index in [4.69, 9.17) is 0 Å². The molecular formula is C19H24N2OS. The van der Waals surface area contributed by atoms with E-state index in [2.05, 4.69) is 28.3 Å². The van der Waals surface area contributed by atoms with Crippen molar-refractivity contribution in [2.24, 2.45) is 0 Å². The van der Waals surface area contributed by atoms with Gasteiger partial charge in [-0.3, -0.25) is 4.79 Å². The van der Waals surface area contributed by atoms with Crippen molar-refractivity contribution in [1.82, 2.24) is 9.88 Å². The van der Waals surface area contributed by atoms with Crippen LogP contribution in [-0.4, -0.2) is 28.0 Å². The number of amides is 1. The molecule has 3 nitrogen and oxygen atoms in total. The topological polar surface area (TPSA) is 34.0 Å². The normalized spacial score (nSPS) is 21.1. The van der Waals surface area contributed by atoms with Crippen LogP contribution in [0.15, 0.2) is 48.8 Å². The molecule has 1 N–H and O–H groups in total. The lowest BCUT2D eigenvalue weighted by Gasteiger charge is -2.28. The molecule has 0 radical (unpaired) electrons. The molecule has 122 valence electrons. The molecule has 2 aromatic rings. The summed E-state index contributed by atoms with van der Waals surface area (Å²) in [5.74, 6) is 0.144. The summed E-state index contributed by atoms with van der Waals surface area (Å²) in [4.78, 5) is 12.3. The standard InChI is InChI=1S/C19H24N2OS/c1-23-18-6-4-5-16(14-18)20-19(22)13-15-7-9-17(10-8-15)21-11-2-3-12-21/h2-3,7-12,16,18H,4-6,13-14H2,1H3,(H,20,22). The monoisotopic (exact) mass is 328 g/mol. The van der Waals surface area contributed by atoms with Gasteiger partial charge in [0, 0.05) is 29.4 Å². The molecule has 0 spiro atoms. The Morgan fingerprint density at radius 3 is 2.65 bits per heavy atom. The van der Waals surface area contributed by atoms with E-state index in [9.17, 15) is 4.79 Å². The Labute approximate surface area is 142 Å². The van der Waals surface area contributed by atoms with Crippen molar-refractivity contribution >= 4 is 17.7 Å². The summed E-state index contributed by atoms with van der Waals surface area (Å²) in [6.07, 6.45) is 11.4. The maximum Gasteiger partial charge on any atom is 0.224 e. The van der Waals surface area contributed by atoms with Crippen molar-refractivity contribution in [1.29, 1.82) is 0 Å². The molecule has 1 heterocycles. The van der Waals surface area contributed by atoms with Crippen LogP contribution in [0.25, 0.3) is 5.69 Å². The van der Waals surface area contributed by atoms with Crippen LogP contribution >= 0.6 is 11.8 Å². The predicted octanol–water partition coefficient (Wildman–Crippen LogP) is 3.81. The van der Waals surface area contributed by atoms with Crippen molar-refractivity contribution in [3.05, 3.63) is 54.4 Å². The quantitative estimate of drug-likeness (QED) is 0.905. The molecule has 1 fully saturated rings. The molecule has 1 aromatic heterocycles. The van der Waals surface area contributed by atoms with Gasteiger partial charge in [-0.1, -0.05) is 18.6 Å². The third-order valence-corrected chi connectivity index (χ3v) is 5.62. The van der Waals surface area contributed by atoms with E-state index in [0.29, 0.717) is 17.7 Å². The fourth-order valence-electron chi connectivity index (χ4n) is 3.25. The van der Waals surface area contributed by atoms with Crippen molar-refractivity contribution in [2.75, 3.05) is 6.26 Å². The van der Waals surface area contributed by atoms with Crippen LogP contribution < -0.4 is 5.32 Å². The fourth-order valence-corrected chi connectivity index (χ4v) is 4.07. The lowest BCUT2D eigenvalue weighted by molar-refractivity contribution is -0.121. The van der Waals surface area contributed by atoms with Crippen LogP contribution in [0.2, 0.25) is 0 Å². The number of nitrogens with zero attached hydrogens (tertiary/aromatic N) is 1. The number of thioether (sulfide) groups is 1. The fraction of sp³-hybridized carbons (Fsp3) is 0.421. The van der Waals surface area contributed by atoms with E-state index >= 15 is 0 Å². The molecule has 3 rings (SSSR count). The molecule has 0 bridgehead atoms. The molecule has 1 aromatic carbocycles. The molecule has 23 heavy (non-hydrogen) atoms. The minimum absolute atomic E-state index is 0.144. The van der Waals surface area contributed by atoms with E-state index in [1.54, 1.807) is 0 Å².